The van der Waals surface area contributed by atoms with Gasteiger partial charge in [0, 0.05) is 6.07 Å². The van der Waals surface area contributed by atoms with E-state index in [2.05, 4.69) is 48.5 Å². The molecule has 0 fully saturated rings. The fraction of sp³-hybridized carbons (Fsp3) is 0. The van der Waals surface area contributed by atoms with Gasteiger partial charge in [0.2, 0.25) is 0 Å². The number of aldehydes is 1. The maximum absolute atomic E-state index is 11.4. The lowest BCUT2D eigenvalue weighted by Gasteiger charge is -2.18. The molecule has 0 aliphatic heterocycles. The minimum absolute atomic E-state index is 0.0619. The van der Waals surface area contributed by atoms with Gasteiger partial charge in [-0.2, -0.15) is 0 Å². The maximum atomic E-state index is 11.4. The molecule has 0 aliphatic rings. The molecule has 37 heavy (non-hydrogen) atoms. The Morgan fingerprint density at radius 1 is 0.541 bits per heavy atom. The van der Waals surface area contributed by atoms with Crippen molar-refractivity contribution in [3.8, 4) is 11.1 Å². The van der Waals surface area contributed by atoms with Crippen molar-refractivity contribution in [1.29, 1.82) is 0 Å². The topological polar surface area (TPSA) is 60.2 Å². The summed E-state index contributed by atoms with van der Waals surface area (Å²) in [5.74, 6) is 0. The fourth-order valence-electron chi connectivity index (χ4n) is 4.55. The average molecular weight is 482 g/mol. The van der Waals surface area contributed by atoms with Crippen LogP contribution < -0.4 is 0 Å². The Hall–Kier alpha value is -5.09. The number of nitro benzene ring substituents is 1. The number of rotatable bonds is 7. The van der Waals surface area contributed by atoms with E-state index in [0.717, 1.165) is 44.5 Å². The lowest BCUT2D eigenvalue weighted by molar-refractivity contribution is -0.385. The number of carbonyl (C=O) groups excluding carboxylic acids is 1. The first-order valence-corrected chi connectivity index (χ1v) is 11.9. The van der Waals surface area contributed by atoms with Crippen LogP contribution in [0.3, 0.4) is 0 Å². The first-order valence-electron chi connectivity index (χ1n) is 11.9. The van der Waals surface area contributed by atoms with Gasteiger partial charge in [0.1, 0.15) is 0 Å². The Balaban J connectivity index is 1.69. The number of nitrogens with zero attached hydrogens (tertiary/aromatic N) is 1. The highest BCUT2D eigenvalue weighted by molar-refractivity contribution is 6.04. The lowest BCUT2D eigenvalue weighted by Crippen LogP contribution is -1.97. The average Bonchev–Trinajstić information content (AvgIpc) is 2.97. The Kier molecular flexibility index (Phi) is 6.82. The predicted octanol–water partition coefficient (Wildman–Crippen LogP) is 8.08. The van der Waals surface area contributed by atoms with E-state index in [1.54, 1.807) is 12.1 Å². The number of carbonyl (C=O) groups is 1. The normalized spacial score (nSPS) is 10.5. The van der Waals surface area contributed by atoms with Crippen LogP contribution in [0.25, 0.3) is 22.3 Å². The van der Waals surface area contributed by atoms with Crippen LogP contribution in [0.15, 0.2) is 133 Å². The molecule has 5 aromatic rings. The summed E-state index contributed by atoms with van der Waals surface area (Å²) in [5.41, 5.74) is 8.07. The number of hydrogen-bond acceptors (Lipinski definition) is 3. The summed E-state index contributed by atoms with van der Waals surface area (Å²) in [6.07, 6.45) is 0.526. The summed E-state index contributed by atoms with van der Waals surface area (Å²) >= 11 is 0. The third kappa shape index (κ3) is 5.00. The van der Waals surface area contributed by atoms with E-state index in [1.165, 1.54) is 6.07 Å². The Labute approximate surface area is 215 Å². The van der Waals surface area contributed by atoms with Gasteiger partial charge in [-0.3, -0.25) is 14.9 Å². The molecule has 0 aromatic heterocycles. The quantitative estimate of drug-likeness (QED) is 0.102. The first-order chi connectivity index (χ1) is 18.2. The van der Waals surface area contributed by atoms with Crippen LogP contribution >= 0.6 is 0 Å². The van der Waals surface area contributed by atoms with Crippen molar-refractivity contribution in [3.63, 3.8) is 0 Å². The molecule has 5 rings (SSSR count). The molecule has 0 saturated heterocycles. The van der Waals surface area contributed by atoms with Crippen molar-refractivity contribution in [3.05, 3.63) is 171 Å². The first kappa shape index (κ1) is 23.6. The van der Waals surface area contributed by atoms with Gasteiger partial charge in [0.05, 0.1) is 10.5 Å². The second kappa shape index (κ2) is 10.7. The van der Waals surface area contributed by atoms with Crippen LogP contribution in [-0.2, 0) is 0 Å². The predicted molar refractivity (Wildman–Crippen MR) is 148 cm³/mol. The molecular formula is C33H23NO3. The molecular weight excluding hydrogens is 458 g/mol. The van der Waals surface area contributed by atoms with Crippen LogP contribution in [0.1, 0.15) is 32.6 Å². The van der Waals surface area contributed by atoms with Crippen LogP contribution in [0, 0.1) is 10.1 Å². The highest BCUT2D eigenvalue weighted by atomic mass is 16.6. The smallest absolute Gasteiger partial charge is 0.279 e. The van der Waals surface area contributed by atoms with Gasteiger partial charge in [0.15, 0.2) is 6.29 Å². The van der Waals surface area contributed by atoms with Crippen molar-refractivity contribution in [2.24, 2.45) is 0 Å². The van der Waals surface area contributed by atoms with Crippen LogP contribution in [0.2, 0.25) is 0 Å². The van der Waals surface area contributed by atoms with Gasteiger partial charge in [0.25, 0.3) is 5.69 Å². The van der Waals surface area contributed by atoms with Gasteiger partial charge in [-0.1, -0.05) is 115 Å². The molecule has 5 aromatic carbocycles. The monoisotopic (exact) mass is 481 g/mol. The van der Waals surface area contributed by atoms with Gasteiger partial charge in [-0.15, -0.1) is 0 Å². The number of benzene rings is 5. The van der Waals surface area contributed by atoms with Gasteiger partial charge < -0.3 is 0 Å². The van der Waals surface area contributed by atoms with Crippen molar-refractivity contribution in [2.45, 2.75) is 0 Å². The van der Waals surface area contributed by atoms with E-state index in [9.17, 15) is 14.9 Å². The van der Waals surface area contributed by atoms with Crippen molar-refractivity contribution in [2.75, 3.05) is 0 Å². The zero-order valence-electron chi connectivity index (χ0n) is 20.0. The van der Waals surface area contributed by atoms with E-state index in [-0.39, 0.29) is 11.3 Å². The second-order valence-corrected chi connectivity index (χ2v) is 8.57. The molecule has 0 atom stereocenters. The molecule has 0 bridgehead atoms. The summed E-state index contributed by atoms with van der Waals surface area (Å²) in [6.45, 7) is 0. The molecule has 0 spiro atoms. The van der Waals surface area contributed by atoms with E-state index in [1.807, 2.05) is 66.7 Å². The van der Waals surface area contributed by atoms with Crippen molar-refractivity contribution >= 4 is 23.1 Å². The van der Waals surface area contributed by atoms with E-state index in [0.29, 0.717) is 6.29 Å². The molecule has 0 N–H and O–H groups in total. The molecule has 0 saturated carbocycles. The zero-order chi connectivity index (χ0) is 25.6. The summed E-state index contributed by atoms with van der Waals surface area (Å²) in [4.78, 5) is 22.1. The number of nitro groups is 1. The molecule has 4 nitrogen and oxygen atoms in total. The second-order valence-electron chi connectivity index (χ2n) is 8.57. The highest BCUT2D eigenvalue weighted by Gasteiger charge is 2.17. The van der Waals surface area contributed by atoms with Gasteiger partial charge in [-0.05, 0) is 56.7 Å². The largest absolute Gasteiger partial charge is 0.298 e. The molecule has 0 aliphatic carbocycles. The fourth-order valence-corrected chi connectivity index (χ4v) is 4.55. The maximum Gasteiger partial charge on any atom is 0.279 e. The van der Waals surface area contributed by atoms with Crippen LogP contribution in [0.5, 0.6) is 0 Å². The Morgan fingerprint density at radius 3 is 1.35 bits per heavy atom. The molecule has 4 heteroatoms. The Morgan fingerprint density at radius 2 is 0.946 bits per heavy atom. The SMILES string of the molecule is O=Cc1cc(-c2ccc(C(=C(c3ccccc3)c3ccccc3)c3ccccc3)cc2)ccc1[N+](=O)[O-]. The minimum atomic E-state index is -0.539. The Bertz CT molecular complexity index is 1530. The lowest BCUT2D eigenvalue weighted by atomic mass is 9.85. The standard InChI is InChI=1S/C33H23NO3/c35-23-30-22-29(20-21-31(30)34(36)37)24-16-18-28(19-17-24)33(27-14-8-3-9-15-27)32(25-10-4-1-5-11-25)26-12-6-2-7-13-26/h1-23H. The van der Waals surface area contributed by atoms with Crippen molar-refractivity contribution in [1.82, 2.24) is 0 Å². The molecule has 0 heterocycles. The zero-order valence-corrected chi connectivity index (χ0v) is 20.0. The summed E-state index contributed by atoms with van der Waals surface area (Å²) in [5, 5.41) is 11.2. The van der Waals surface area contributed by atoms with Gasteiger partial charge in [-0.25, -0.2) is 0 Å². The third-order valence-corrected chi connectivity index (χ3v) is 6.30. The van der Waals surface area contributed by atoms with Crippen LogP contribution in [-0.4, -0.2) is 11.2 Å². The molecule has 0 amide bonds. The van der Waals surface area contributed by atoms with Gasteiger partial charge >= 0.3 is 0 Å². The molecule has 0 radical (unpaired) electrons. The van der Waals surface area contributed by atoms with E-state index < -0.39 is 4.92 Å². The van der Waals surface area contributed by atoms with Crippen molar-refractivity contribution < 1.29 is 9.72 Å². The third-order valence-electron chi connectivity index (χ3n) is 6.30. The summed E-state index contributed by atoms with van der Waals surface area (Å²) in [6, 6.07) is 43.7. The minimum Gasteiger partial charge on any atom is -0.298 e. The van der Waals surface area contributed by atoms with Crippen LogP contribution in [0.4, 0.5) is 5.69 Å². The summed E-state index contributed by atoms with van der Waals surface area (Å²) < 4.78 is 0. The highest BCUT2D eigenvalue weighted by Crippen LogP contribution is 2.37. The molecule has 0 unspecified atom stereocenters. The number of hydrogen-bond donors (Lipinski definition) is 0. The van der Waals surface area contributed by atoms with E-state index in [4.69, 9.17) is 0 Å². The molecule has 178 valence electrons. The summed E-state index contributed by atoms with van der Waals surface area (Å²) in [7, 11) is 0. The van der Waals surface area contributed by atoms with E-state index >= 15 is 0 Å².